The van der Waals surface area contributed by atoms with Gasteiger partial charge < -0.3 is 9.52 Å². The smallest absolute Gasteiger partial charge is 0.336 e. The van der Waals surface area contributed by atoms with E-state index in [0.717, 1.165) is 24.4 Å². The van der Waals surface area contributed by atoms with Crippen LogP contribution in [0.2, 0.25) is 0 Å². The number of aromatic amines is 1. The second kappa shape index (κ2) is 7.17. The molecule has 1 aromatic carbocycles. The van der Waals surface area contributed by atoms with E-state index in [1.165, 1.54) is 12.8 Å². The SMILES string of the molecule is O=C(O)c1ccccc1-c1ccc(CN2CCCCC2c2ccn[nH]2)o1. The molecule has 2 aromatic heterocycles. The van der Waals surface area contributed by atoms with Crippen LogP contribution in [0.4, 0.5) is 0 Å². The van der Waals surface area contributed by atoms with E-state index >= 15 is 0 Å². The van der Waals surface area contributed by atoms with Crippen molar-refractivity contribution < 1.29 is 14.3 Å². The van der Waals surface area contributed by atoms with Crippen LogP contribution in [0.25, 0.3) is 11.3 Å². The van der Waals surface area contributed by atoms with Gasteiger partial charge in [0, 0.05) is 11.8 Å². The number of carboxylic acid groups (broad SMARTS) is 1. The summed E-state index contributed by atoms with van der Waals surface area (Å²) >= 11 is 0. The summed E-state index contributed by atoms with van der Waals surface area (Å²) in [5, 5.41) is 16.5. The lowest BCUT2D eigenvalue weighted by atomic mass is 9.99. The van der Waals surface area contributed by atoms with Crippen LogP contribution in [0.3, 0.4) is 0 Å². The first kappa shape index (κ1) is 16.6. The highest BCUT2D eigenvalue weighted by atomic mass is 16.4. The van der Waals surface area contributed by atoms with Crippen LogP contribution in [0, 0.1) is 0 Å². The molecule has 0 bridgehead atoms. The Labute approximate surface area is 151 Å². The fourth-order valence-electron chi connectivity index (χ4n) is 3.68. The quantitative estimate of drug-likeness (QED) is 0.723. The van der Waals surface area contributed by atoms with Gasteiger partial charge in [-0.25, -0.2) is 4.79 Å². The van der Waals surface area contributed by atoms with Gasteiger partial charge >= 0.3 is 5.97 Å². The van der Waals surface area contributed by atoms with E-state index in [2.05, 4.69) is 15.1 Å². The number of benzene rings is 1. The van der Waals surface area contributed by atoms with E-state index in [-0.39, 0.29) is 5.56 Å². The van der Waals surface area contributed by atoms with Gasteiger partial charge in [0.25, 0.3) is 0 Å². The normalized spacial score (nSPS) is 18.1. The van der Waals surface area contributed by atoms with Crippen LogP contribution < -0.4 is 0 Å². The summed E-state index contributed by atoms with van der Waals surface area (Å²) in [6, 6.07) is 13.0. The third kappa shape index (κ3) is 3.28. The number of carboxylic acids is 1. The number of nitrogens with zero attached hydrogens (tertiary/aromatic N) is 2. The summed E-state index contributed by atoms with van der Waals surface area (Å²) < 4.78 is 6.00. The molecule has 0 radical (unpaired) electrons. The Morgan fingerprint density at radius 2 is 2.12 bits per heavy atom. The molecule has 6 heteroatoms. The Bertz CT molecular complexity index is 885. The predicted octanol–water partition coefficient (Wildman–Crippen LogP) is 4.10. The third-order valence-corrected chi connectivity index (χ3v) is 4.94. The minimum absolute atomic E-state index is 0.252. The van der Waals surface area contributed by atoms with Crippen molar-refractivity contribution in [2.45, 2.75) is 31.8 Å². The highest BCUT2D eigenvalue weighted by Gasteiger charge is 2.26. The van der Waals surface area contributed by atoms with Gasteiger partial charge in [0.15, 0.2) is 0 Å². The number of hydrogen-bond acceptors (Lipinski definition) is 4. The Kier molecular flexibility index (Phi) is 4.58. The first-order chi connectivity index (χ1) is 12.7. The fourth-order valence-corrected chi connectivity index (χ4v) is 3.68. The minimum atomic E-state index is -0.950. The molecule has 0 spiro atoms. The zero-order valence-corrected chi connectivity index (χ0v) is 14.4. The molecule has 1 aliphatic heterocycles. The Hall–Kier alpha value is -2.86. The summed E-state index contributed by atoms with van der Waals surface area (Å²) in [7, 11) is 0. The third-order valence-electron chi connectivity index (χ3n) is 4.94. The van der Waals surface area contributed by atoms with Crippen LogP contribution in [-0.2, 0) is 6.54 Å². The lowest BCUT2D eigenvalue weighted by Crippen LogP contribution is -2.33. The van der Waals surface area contributed by atoms with Crippen molar-refractivity contribution in [3.8, 4) is 11.3 Å². The fraction of sp³-hybridized carbons (Fsp3) is 0.300. The molecule has 134 valence electrons. The van der Waals surface area contributed by atoms with Crippen molar-refractivity contribution in [3.63, 3.8) is 0 Å². The lowest BCUT2D eigenvalue weighted by molar-refractivity contribution is 0.0697. The summed E-state index contributed by atoms with van der Waals surface area (Å²) in [5.74, 6) is 0.480. The largest absolute Gasteiger partial charge is 0.478 e. The number of aromatic nitrogens is 2. The molecule has 1 atom stereocenters. The van der Waals surface area contributed by atoms with Gasteiger partial charge in [0.05, 0.1) is 23.8 Å². The molecule has 3 aromatic rings. The Balaban J connectivity index is 1.56. The minimum Gasteiger partial charge on any atom is -0.478 e. The van der Waals surface area contributed by atoms with Gasteiger partial charge in [-0.05, 0) is 43.7 Å². The number of nitrogens with one attached hydrogen (secondary N) is 1. The van der Waals surface area contributed by atoms with Gasteiger partial charge in [0.1, 0.15) is 11.5 Å². The molecule has 1 unspecified atom stereocenters. The molecule has 1 fully saturated rings. The first-order valence-electron chi connectivity index (χ1n) is 8.87. The lowest BCUT2D eigenvalue weighted by Gasteiger charge is -2.34. The number of furan rings is 1. The van der Waals surface area contributed by atoms with E-state index in [1.807, 2.05) is 24.3 Å². The Morgan fingerprint density at radius 3 is 2.92 bits per heavy atom. The highest BCUT2D eigenvalue weighted by Crippen LogP contribution is 2.32. The maximum atomic E-state index is 11.4. The number of rotatable bonds is 5. The standard InChI is InChI=1S/C20H21N3O3/c24-20(25)16-6-2-1-5-15(16)19-9-8-14(26-19)13-23-12-4-3-7-18(23)17-10-11-21-22-17/h1-2,5-6,8-11,18H,3-4,7,12-13H2,(H,21,22)(H,24,25). The van der Waals surface area contributed by atoms with Gasteiger partial charge in [-0.1, -0.05) is 24.6 Å². The molecule has 3 heterocycles. The number of likely N-dealkylation sites (tertiary alicyclic amines) is 1. The van der Waals surface area contributed by atoms with Crippen LogP contribution >= 0.6 is 0 Å². The van der Waals surface area contributed by atoms with Crippen molar-refractivity contribution in [1.29, 1.82) is 0 Å². The van der Waals surface area contributed by atoms with E-state index in [1.54, 1.807) is 24.4 Å². The molecule has 1 saturated heterocycles. The monoisotopic (exact) mass is 351 g/mol. The molecule has 2 N–H and O–H groups in total. The molecule has 26 heavy (non-hydrogen) atoms. The van der Waals surface area contributed by atoms with Crippen LogP contribution in [0.5, 0.6) is 0 Å². The van der Waals surface area contributed by atoms with Crippen LogP contribution in [-0.4, -0.2) is 32.7 Å². The van der Waals surface area contributed by atoms with Crippen molar-refractivity contribution >= 4 is 5.97 Å². The zero-order chi connectivity index (χ0) is 17.9. The predicted molar refractivity (Wildman–Crippen MR) is 96.7 cm³/mol. The van der Waals surface area contributed by atoms with E-state index in [4.69, 9.17) is 4.42 Å². The molecule has 4 rings (SSSR count). The van der Waals surface area contributed by atoms with E-state index in [9.17, 15) is 9.90 Å². The summed E-state index contributed by atoms with van der Waals surface area (Å²) in [6.07, 6.45) is 5.25. The van der Waals surface area contributed by atoms with E-state index in [0.29, 0.717) is 23.9 Å². The maximum Gasteiger partial charge on any atom is 0.336 e. The molecule has 0 amide bonds. The Morgan fingerprint density at radius 1 is 1.23 bits per heavy atom. The van der Waals surface area contributed by atoms with E-state index < -0.39 is 5.97 Å². The summed E-state index contributed by atoms with van der Waals surface area (Å²) in [4.78, 5) is 13.8. The average Bonchev–Trinajstić information content (AvgIpc) is 3.34. The molecular weight excluding hydrogens is 330 g/mol. The molecule has 0 aliphatic carbocycles. The van der Waals surface area contributed by atoms with Crippen molar-refractivity contribution in [1.82, 2.24) is 15.1 Å². The number of carbonyl (C=O) groups is 1. The van der Waals surface area contributed by atoms with Gasteiger partial charge in [0.2, 0.25) is 0 Å². The topological polar surface area (TPSA) is 82.4 Å². The first-order valence-corrected chi connectivity index (χ1v) is 8.87. The highest BCUT2D eigenvalue weighted by molar-refractivity contribution is 5.95. The van der Waals surface area contributed by atoms with Crippen molar-refractivity contribution in [2.75, 3.05) is 6.54 Å². The van der Waals surface area contributed by atoms with Crippen LogP contribution in [0.1, 0.15) is 47.1 Å². The van der Waals surface area contributed by atoms with Gasteiger partial charge in [-0.2, -0.15) is 5.10 Å². The second-order valence-corrected chi connectivity index (χ2v) is 6.61. The van der Waals surface area contributed by atoms with Crippen LogP contribution in [0.15, 0.2) is 53.1 Å². The molecule has 1 aliphatic rings. The maximum absolute atomic E-state index is 11.4. The number of aromatic carboxylic acids is 1. The van der Waals surface area contributed by atoms with Crippen molar-refractivity contribution in [2.24, 2.45) is 0 Å². The molecular formula is C20H21N3O3. The van der Waals surface area contributed by atoms with Gasteiger partial charge in [-0.3, -0.25) is 10.00 Å². The second-order valence-electron chi connectivity index (χ2n) is 6.61. The number of H-pyrrole nitrogens is 1. The molecule has 0 saturated carbocycles. The zero-order valence-electron chi connectivity index (χ0n) is 14.4. The number of hydrogen-bond donors (Lipinski definition) is 2. The number of piperidine rings is 1. The summed E-state index contributed by atoms with van der Waals surface area (Å²) in [5.41, 5.74) is 1.99. The molecule has 6 nitrogen and oxygen atoms in total. The van der Waals surface area contributed by atoms with Gasteiger partial charge in [-0.15, -0.1) is 0 Å². The van der Waals surface area contributed by atoms with Crippen molar-refractivity contribution in [3.05, 3.63) is 65.7 Å². The summed E-state index contributed by atoms with van der Waals surface area (Å²) in [6.45, 7) is 1.70. The average molecular weight is 351 g/mol.